The monoisotopic (exact) mass is 272 g/mol. The molecule has 1 saturated carbocycles. The van der Waals surface area contributed by atoms with Crippen LogP contribution >= 0.6 is 11.6 Å². The Morgan fingerprint density at radius 2 is 2.00 bits per heavy atom. The lowest BCUT2D eigenvalue weighted by Gasteiger charge is -2.28. The highest BCUT2D eigenvalue weighted by molar-refractivity contribution is 6.28. The molecule has 0 radical (unpaired) electrons. The number of rotatable bonds is 4. The van der Waals surface area contributed by atoms with E-state index in [4.69, 9.17) is 16.3 Å². The van der Waals surface area contributed by atoms with Crippen molar-refractivity contribution in [3.63, 3.8) is 0 Å². The van der Waals surface area contributed by atoms with Gasteiger partial charge >= 0.3 is 6.01 Å². The summed E-state index contributed by atoms with van der Waals surface area (Å²) < 4.78 is 4.95. The van der Waals surface area contributed by atoms with Gasteiger partial charge in [0.05, 0.1) is 12.7 Å². The average molecular weight is 273 g/mol. The third kappa shape index (κ3) is 3.00. The molecular formula is C11H17ClN4O2. The summed E-state index contributed by atoms with van der Waals surface area (Å²) in [6.45, 7) is 0.483. The van der Waals surface area contributed by atoms with E-state index < -0.39 is 5.60 Å². The summed E-state index contributed by atoms with van der Waals surface area (Å²) in [5.74, 6) is 0.409. The first-order valence-corrected chi connectivity index (χ1v) is 6.29. The van der Waals surface area contributed by atoms with E-state index in [1.165, 1.54) is 7.11 Å². The topological polar surface area (TPSA) is 71.4 Å². The predicted octanol–water partition coefficient (Wildman–Crippen LogP) is 1.27. The van der Waals surface area contributed by atoms with E-state index in [2.05, 4.69) is 15.0 Å². The molecule has 6 nitrogen and oxygen atoms in total. The van der Waals surface area contributed by atoms with Gasteiger partial charge in [0, 0.05) is 13.6 Å². The van der Waals surface area contributed by atoms with Gasteiger partial charge < -0.3 is 14.7 Å². The van der Waals surface area contributed by atoms with Gasteiger partial charge in [0.15, 0.2) is 0 Å². The lowest BCUT2D eigenvalue weighted by Crippen LogP contribution is -2.40. The third-order valence-corrected chi connectivity index (χ3v) is 3.33. The van der Waals surface area contributed by atoms with Crippen molar-refractivity contribution in [1.82, 2.24) is 15.0 Å². The minimum Gasteiger partial charge on any atom is -0.467 e. The first-order valence-electron chi connectivity index (χ1n) is 5.91. The zero-order chi connectivity index (χ0) is 13.2. The molecule has 0 aliphatic heterocycles. The van der Waals surface area contributed by atoms with Gasteiger partial charge in [0.1, 0.15) is 0 Å². The summed E-state index contributed by atoms with van der Waals surface area (Å²) in [6.07, 6.45) is 3.75. The van der Waals surface area contributed by atoms with Crippen molar-refractivity contribution in [1.29, 1.82) is 0 Å². The summed E-state index contributed by atoms with van der Waals surface area (Å²) in [5, 5.41) is 10.4. The van der Waals surface area contributed by atoms with Crippen LogP contribution in [0.2, 0.25) is 5.28 Å². The number of anilines is 1. The number of likely N-dealkylation sites (N-methyl/N-ethyl adjacent to an activating group) is 1. The molecule has 1 aliphatic carbocycles. The maximum Gasteiger partial charge on any atom is 0.322 e. The Kier molecular flexibility index (Phi) is 3.87. The predicted molar refractivity (Wildman–Crippen MR) is 68.1 cm³/mol. The van der Waals surface area contributed by atoms with Gasteiger partial charge in [-0.1, -0.05) is 12.8 Å². The number of halogens is 1. The van der Waals surface area contributed by atoms with Crippen LogP contribution in [0.5, 0.6) is 6.01 Å². The molecule has 1 aromatic heterocycles. The van der Waals surface area contributed by atoms with Crippen LogP contribution in [0.1, 0.15) is 25.7 Å². The Hall–Kier alpha value is -1.14. The van der Waals surface area contributed by atoms with E-state index in [0.717, 1.165) is 25.7 Å². The quantitative estimate of drug-likeness (QED) is 0.890. The molecule has 0 spiro atoms. The van der Waals surface area contributed by atoms with Crippen molar-refractivity contribution in [3.05, 3.63) is 5.28 Å². The normalized spacial score (nSPS) is 17.8. The number of hydrogen-bond acceptors (Lipinski definition) is 6. The van der Waals surface area contributed by atoms with E-state index in [-0.39, 0.29) is 11.3 Å². The summed E-state index contributed by atoms with van der Waals surface area (Å²) >= 11 is 5.79. The van der Waals surface area contributed by atoms with Gasteiger partial charge in [-0.3, -0.25) is 0 Å². The molecule has 1 aliphatic rings. The van der Waals surface area contributed by atoms with Crippen LogP contribution in [0.4, 0.5) is 5.95 Å². The first-order chi connectivity index (χ1) is 8.52. The van der Waals surface area contributed by atoms with Gasteiger partial charge in [-0.25, -0.2) is 0 Å². The highest BCUT2D eigenvalue weighted by atomic mass is 35.5. The lowest BCUT2D eigenvalue weighted by molar-refractivity contribution is 0.0556. The summed E-state index contributed by atoms with van der Waals surface area (Å²) in [4.78, 5) is 13.7. The van der Waals surface area contributed by atoms with Crippen LogP contribution in [0.3, 0.4) is 0 Å². The lowest BCUT2D eigenvalue weighted by atomic mass is 10.0. The van der Waals surface area contributed by atoms with Crippen molar-refractivity contribution >= 4 is 17.5 Å². The van der Waals surface area contributed by atoms with Crippen LogP contribution in [0, 0.1) is 0 Å². The molecule has 0 amide bonds. The van der Waals surface area contributed by atoms with E-state index >= 15 is 0 Å². The molecule has 1 heterocycles. The zero-order valence-electron chi connectivity index (χ0n) is 10.6. The number of aromatic nitrogens is 3. The Bertz CT molecular complexity index is 424. The van der Waals surface area contributed by atoms with Gasteiger partial charge in [0.2, 0.25) is 11.2 Å². The maximum atomic E-state index is 10.3. The van der Waals surface area contributed by atoms with Crippen molar-refractivity contribution in [3.8, 4) is 6.01 Å². The molecule has 1 aromatic rings. The van der Waals surface area contributed by atoms with Gasteiger partial charge in [-0.2, -0.15) is 15.0 Å². The van der Waals surface area contributed by atoms with E-state index in [1.54, 1.807) is 4.90 Å². The second kappa shape index (κ2) is 5.24. The SMILES string of the molecule is COc1nc(Cl)nc(N(C)CC2(O)CCCC2)n1. The van der Waals surface area contributed by atoms with Crippen LogP contribution in [-0.4, -0.2) is 46.4 Å². The van der Waals surface area contributed by atoms with Gasteiger partial charge in [-0.15, -0.1) is 0 Å². The number of methoxy groups -OCH3 is 1. The fraction of sp³-hybridized carbons (Fsp3) is 0.727. The number of nitrogens with zero attached hydrogens (tertiary/aromatic N) is 4. The smallest absolute Gasteiger partial charge is 0.322 e. The summed E-state index contributed by atoms with van der Waals surface area (Å²) in [7, 11) is 3.29. The largest absolute Gasteiger partial charge is 0.467 e. The first kappa shape index (κ1) is 13.3. The van der Waals surface area contributed by atoms with Crippen LogP contribution in [0.25, 0.3) is 0 Å². The molecule has 0 saturated heterocycles. The summed E-state index contributed by atoms with van der Waals surface area (Å²) in [6, 6.07) is 0.176. The maximum absolute atomic E-state index is 10.3. The molecule has 1 N–H and O–H groups in total. The minimum atomic E-state index is -0.652. The molecule has 2 rings (SSSR count). The molecular weight excluding hydrogens is 256 g/mol. The second-order valence-electron chi connectivity index (χ2n) is 4.68. The van der Waals surface area contributed by atoms with E-state index in [9.17, 15) is 5.11 Å². The third-order valence-electron chi connectivity index (χ3n) is 3.17. The van der Waals surface area contributed by atoms with Crippen LogP contribution < -0.4 is 9.64 Å². The average Bonchev–Trinajstić information content (AvgIpc) is 2.74. The zero-order valence-corrected chi connectivity index (χ0v) is 11.3. The molecule has 100 valence electrons. The standard InChI is InChI=1S/C11H17ClN4O2/c1-16(7-11(17)5-3-4-6-11)9-13-8(12)14-10(15-9)18-2/h17H,3-7H2,1-2H3. The molecule has 1 fully saturated rings. The van der Waals surface area contributed by atoms with Crippen molar-refractivity contribution < 1.29 is 9.84 Å². The van der Waals surface area contributed by atoms with Crippen molar-refractivity contribution in [2.45, 2.75) is 31.3 Å². The van der Waals surface area contributed by atoms with Crippen LogP contribution in [-0.2, 0) is 0 Å². The van der Waals surface area contributed by atoms with Crippen molar-refractivity contribution in [2.24, 2.45) is 0 Å². The number of aliphatic hydroxyl groups is 1. The van der Waals surface area contributed by atoms with Crippen molar-refractivity contribution in [2.75, 3.05) is 25.6 Å². The minimum absolute atomic E-state index is 0.0853. The number of hydrogen-bond donors (Lipinski definition) is 1. The molecule has 0 atom stereocenters. The molecule has 0 aromatic carbocycles. The van der Waals surface area contributed by atoms with E-state index in [1.807, 2.05) is 7.05 Å². The Morgan fingerprint density at radius 1 is 1.33 bits per heavy atom. The molecule has 18 heavy (non-hydrogen) atoms. The molecule has 0 unspecified atom stereocenters. The highest BCUT2D eigenvalue weighted by Gasteiger charge is 2.33. The second-order valence-corrected chi connectivity index (χ2v) is 5.02. The highest BCUT2D eigenvalue weighted by Crippen LogP contribution is 2.30. The fourth-order valence-electron chi connectivity index (χ4n) is 2.29. The molecule has 7 heteroatoms. The molecule has 0 bridgehead atoms. The summed E-state index contributed by atoms with van der Waals surface area (Å²) in [5.41, 5.74) is -0.652. The Labute approximate surface area is 111 Å². The van der Waals surface area contributed by atoms with E-state index in [0.29, 0.717) is 12.5 Å². The Balaban J connectivity index is 2.12. The van der Waals surface area contributed by atoms with Gasteiger partial charge in [-0.05, 0) is 24.4 Å². The Morgan fingerprint density at radius 3 is 2.61 bits per heavy atom. The number of ether oxygens (including phenoxy) is 1. The fourth-order valence-corrected chi connectivity index (χ4v) is 2.44. The van der Waals surface area contributed by atoms with Crippen LogP contribution in [0.15, 0.2) is 0 Å². The van der Waals surface area contributed by atoms with Gasteiger partial charge in [0.25, 0.3) is 0 Å².